The monoisotopic (exact) mass is 398 g/mol. The maximum Gasteiger partial charge on any atom is 0.410 e. The van der Waals surface area contributed by atoms with Crippen LogP contribution in [0.4, 0.5) is 9.59 Å². The zero-order valence-corrected chi connectivity index (χ0v) is 16.3. The van der Waals surface area contributed by atoms with Gasteiger partial charge in [-0.2, -0.15) is 0 Å². The molecule has 150 valence electrons. The van der Waals surface area contributed by atoms with Crippen molar-refractivity contribution in [1.29, 1.82) is 0 Å². The number of carbonyl (C=O) groups excluding carboxylic acids is 3. The van der Waals surface area contributed by atoms with Crippen LogP contribution in [0.3, 0.4) is 0 Å². The summed E-state index contributed by atoms with van der Waals surface area (Å²) in [6.07, 6.45) is 2.32. The minimum absolute atomic E-state index is 0.000694. The minimum Gasteiger partial charge on any atom is -0.445 e. The topological polar surface area (TPSA) is 85.4 Å². The Bertz CT molecular complexity index is 584. The van der Waals surface area contributed by atoms with Crippen LogP contribution in [0.2, 0.25) is 0 Å². The predicted molar refractivity (Wildman–Crippen MR) is 102 cm³/mol. The van der Waals surface area contributed by atoms with Crippen LogP contribution < -0.4 is 0 Å². The molecule has 2 rings (SSSR count). The lowest BCUT2D eigenvalue weighted by Gasteiger charge is -2.37. The molecule has 0 bridgehead atoms. The van der Waals surface area contributed by atoms with Gasteiger partial charge in [-0.05, 0) is 6.42 Å². The van der Waals surface area contributed by atoms with E-state index in [-0.39, 0.29) is 35.7 Å². The van der Waals surface area contributed by atoms with E-state index >= 15 is 0 Å². The van der Waals surface area contributed by atoms with Crippen molar-refractivity contribution in [3.63, 3.8) is 0 Å². The lowest BCUT2D eigenvalue weighted by atomic mass is 10.1. The lowest BCUT2D eigenvalue weighted by Crippen LogP contribution is -2.54. The number of morpholine rings is 1. The maximum atomic E-state index is 12.4. The fraction of sp³-hybridized carbons (Fsp3) is 0.611. The zero-order valence-electron chi connectivity index (χ0n) is 15.5. The predicted octanol–water partition coefficient (Wildman–Crippen LogP) is 2.05. The Kier molecular flexibility index (Phi) is 8.18. The normalized spacial score (nSPS) is 25.0. The summed E-state index contributed by atoms with van der Waals surface area (Å²) in [6, 6.07) is -0.283. The molecule has 0 aromatic heterocycles. The molecule has 2 aliphatic rings. The first-order valence-electron chi connectivity index (χ1n) is 8.82. The Morgan fingerprint density at radius 2 is 1.81 bits per heavy atom. The number of hydrogen-bond donors (Lipinski definition) is 0. The van der Waals surface area contributed by atoms with Crippen molar-refractivity contribution in [2.24, 2.45) is 0 Å². The van der Waals surface area contributed by atoms with E-state index in [4.69, 9.17) is 14.2 Å². The van der Waals surface area contributed by atoms with Crippen LogP contribution in [0.5, 0.6) is 0 Å². The van der Waals surface area contributed by atoms with Gasteiger partial charge in [0.15, 0.2) is 5.12 Å². The largest absolute Gasteiger partial charge is 0.445 e. The van der Waals surface area contributed by atoms with Crippen molar-refractivity contribution in [3.8, 4) is 0 Å². The van der Waals surface area contributed by atoms with Gasteiger partial charge >= 0.3 is 12.2 Å². The fourth-order valence-corrected chi connectivity index (χ4v) is 4.22. The highest BCUT2D eigenvalue weighted by atomic mass is 32.2. The summed E-state index contributed by atoms with van der Waals surface area (Å²) in [6.45, 7) is 10.3. The second-order valence-corrected chi connectivity index (χ2v) is 7.75. The van der Waals surface area contributed by atoms with E-state index in [1.807, 2.05) is 0 Å². The van der Waals surface area contributed by atoms with Crippen LogP contribution in [0.15, 0.2) is 25.3 Å². The second kappa shape index (κ2) is 10.4. The van der Waals surface area contributed by atoms with E-state index < -0.39 is 12.2 Å². The summed E-state index contributed by atoms with van der Waals surface area (Å²) >= 11 is 1.21. The number of ether oxygens (including phenoxy) is 3. The van der Waals surface area contributed by atoms with E-state index in [1.54, 1.807) is 9.80 Å². The van der Waals surface area contributed by atoms with Crippen molar-refractivity contribution < 1.29 is 28.6 Å². The van der Waals surface area contributed by atoms with Crippen molar-refractivity contribution in [2.75, 3.05) is 39.5 Å². The fourth-order valence-electron chi connectivity index (χ4n) is 3.22. The molecule has 0 N–H and O–H groups in total. The first-order chi connectivity index (χ1) is 13.0. The highest BCUT2D eigenvalue weighted by Gasteiger charge is 2.44. The molecule has 0 aromatic carbocycles. The SMILES string of the molecule is C=CCOC(=O)N1CCOC([C@@H]2C[C@H](SC(C)=O)CN2C(=O)OCC=C)C1. The Morgan fingerprint density at radius 3 is 2.44 bits per heavy atom. The summed E-state index contributed by atoms with van der Waals surface area (Å²) in [7, 11) is 0. The first-order valence-corrected chi connectivity index (χ1v) is 9.70. The molecule has 0 saturated carbocycles. The van der Waals surface area contributed by atoms with Crippen LogP contribution in [-0.2, 0) is 19.0 Å². The van der Waals surface area contributed by atoms with Crippen LogP contribution in [-0.4, -0.2) is 84.0 Å². The minimum atomic E-state index is -0.471. The molecule has 2 heterocycles. The molecule has 1 unspecified atom stereocenters. The summed E-state index contributed by atoms with van der Waals surface area (Å²) in [4.78, 5) is 39.2. The Hall–Kier alpha value is -2.00. The zero-order chi connectivity index (χ0) is 19.8. The van der Waals surface area contributed by atoms with E-state index in [9.17, 15) is 14.4 Å². The van der Waals surface area contributed by atoms with E-state index in [0.717, 1.165) is 0 Å². The maximum absolute atomic E-state index is 12.4. The quantitative estimate of drug-likeness (QED) is 0.633. The molecule has 9 heteroatoms. The van der Waals surface area contributed by atoms with E-state index in [2.05, 4.69) is 13.2 Å². The molecule has 0 radical (unpaired) electrons. The molecular formula is C18H26N2O6S. The standard InChI is InChI=1S/C18H26N2O6S/c1-4-7-25-17(22)19-6-9-24-16(12-19)15-10-14(27-13(3)21)11-20(15)18(23)26-8-5-2/h4-5,14-16H,1-2,6-12H2,3H3/t14-,15-,16?/m0/s1. The van der Waals surface area contributed by atoms with Crippen LogP contribution >= 0.6 is 11.8 Å². The van der Waals surface area contributed by atoms with E-state index in [1.165, 1.54) is 30.8 Å². The van der Waals surface area contributed by atoms with Gasteiger partial charge in [-0.1, -0.05) is 37.1 Å². The molecule has 2 aliphatic heterocycles. The molecule has 0 aliphatic carbocycles. The first kappa shape index (κ1) is 21.3. The molecule has 0 aromatic rings. The number of likely N-dealkylation sites (tertiary alicyclic amines) is 1. The van der Waals surface area contributed by atoms with Crippen LogP contribution in [0.25, 0.3) is 0 Å². The van der Waals surface area contributed by atoms with Gasteiger partial charge in [0.1, 0.15) is 13.2 Å². The van der Waals surface area contributed by atoms with Gasteiger partial charge in [-0.3, -0.25) is 4.79 Å². The number of nitrogens with zero attached hydrogens (tertiary/aromatic N) is 2. The number of amides is 2. The van der Waals surface area contributed by atoms with Gasteiger partial charge in [-0.15, -0.1) is 0 Å². The molecule has 27 heavy (non-hydrogen) atoms. The van der Waals surface area contributed by atoms with Gasteiger partial charge in [0.05, 0.1) is 25.3 Å². The number of thioether (sulfide) groups is 1. The molecule has 0 spiro atoms. The van der Waals surface area contributed by atoms with Crippen molar-refractivity contribution in [2.45, 2.75) is 30.7 Å². The van der Waals surface area contributed by atoms with Gasteiger partial charge < -0.3 is 24.0 Å². The Morgan fingerprint density at radius 1 is 1.15 bits per heavy atom. The summed E-state index contributed by atoms with van der Waals surface area (Å²) in [5.41, 5.74) is 0. The average Bonchev–Trinajstić information content (AvgIpc) is 3.07. The number of rotatable bonds is 6. The molecule has 2 fully saturated rings. The highest BCUT2D eigenvalue weighted by molar-refractivity contribution is 8.14. The smallest absolute Gasteiger partial charge is 0.410 e. The third-order valence-corrected chi connectivity index (χ3v) is 5.31. The van der Waals surface area contributed by atoms with Crippen LogP contribution in [0.1, 0.15) is 13.3 Å². The van der Waals surface area contributed by atoms with Gasteiger partial charge in [0.25, 0.3) is 0 Å². The molecule has 2 saturated heterocycles. The second-order valence-electron chi connectivity index (χ2n) is 6.27. The molecular weight excluding hydrogens is 372 g/mol. The summed E-state index contributed by atoms with van der Waals surface area (Å²) in [5.74, 6) is 0. The highest BCUT2D eigenvalue weighted by Crippen LogP contribution is 2.32. The van der Waals surface area contributed by atoms with Crippen molar-refractivity contribution in [1.82, 2.24) is 9.80 Å². The van der Waals surface area contributed by atoms with Gasteiger partial charge in [-0.25, -0.2) is 9.59 Å². The number of hydrogen-bond acceptors (Lipinski definition) is 7. The van der Waals surface area contributed by atoms with Crippen molar-refractivity contribution in [3.05, 3.63) is 25.3 Å². The van der Waals surface area contributed by atoms with Crippen LogP contribution in [0, 0.1) is 0 Å². The van der Waals surface area contributed by atoms with E-state index in [0.29, 0.717) is 32.7 Å². The summed E-state index contributed by atoms with van der Waals surface area (Å²) in [5, 5.41) is -0.0327. The van der Waals surface area contributed by atoms with Gasteiger partial charge in [0.2, 0.25) is 0 Å². The Labute approximate surface area is 163 Å². The van der Waals surface area contributed by atoms with Crippen molar-refractivity contribution >= 4 is 29.1 Å². The summed E-state index contributed by atoms with van der Waals surface area (Å²) < 4.78 is 16.1. The third-order valence-electron chi connectivity index (χ3n) is 4.30. The van der Waals surface area contributed by atoms with Gasteiger partial charge in [0, 0.05) is 25.3 Å². The molecule has 8 nitrogen and oxygen atoms in total. The third kappa shape index (κ3) is 6.00. The average molecular weight is 398 g/mol. The lowest BCUT2D eigenvalue weighted by molar-refractivity contribution is -0.109. The number of carbonyl (C=O) groups is 3. The Balaban J connectivity index is 2.06. The molecule has 2 amide bonds. The molecule has 3 atom stereocenters.